The van der Waals surface area contributed by atoms with Gasteiger partial charge in [-0.1, -0.05) is 32.3 Å². The lowest BCUT2D eigenvalue weighted by Gasteiger charge is -2.06. The van der Waals surface area contributed by atoms with E-state index in [4.69, 9.17) is 9.47 Å². The monoisotopic (exact) mass is 438 g/mol. The van der Waals surface area contributed by atoms with E-state index in [1.54, 1.807) is 24.3 Å². The molecule has 170 valence electrons. The maximum absolute atomic E-state index is 11.4. The Morgan fingerprint density at radius 1 is 0.812 bits per heavy atom. The van der Waals surface area contributed by atoms with Crippen LogP contribution in [0.3, 0.4) is 0 Å². The van der Waals surface area contributed by atoms with E-state index in [1.165, 1.54) is 13.2 Å². The van der Waals surface area contributed by atoms with Crippen LogP contribution in [-0.4, -0.2) is 32.3 Å². The number of carbonyl (C=O) groups is 2. The molecule has 0 saturated carbocycles. The predicted octanol–water partition coefficient (Wildman–Crippen LogP) is 6.34. The SMILES string of the molecule is C=CC(=O)OCCCCCCCCOc1ccc(N=Nc2ccc(C(=O)OC)cc2)cc1. The van der Waals surface area contributed by atoms with Gasteiger partial charge in [0.2, 0.25) is 0 Å². The molecule has 7 heteroatoms. The topological polar surface area (TPSA) is 86.5 Å². The molecule has 0 aliphatic rings. The molecule has 32 heavy (non-hydrogen) atoms. The Kier molecular flexibility index (Phi) is 11.2. The maximum Gasteiger partial charge on any atom is 0.337 e. The van der Waals surface area contributed by atoms with Gasteiger partial charge in [0.1, 0.15) is 5.75 Å². The van der Waals surface area contributed by atoms with Crippen molar-refractivity contribution >= 4 is 23.3 Å². The lowest BCUT2D eigenvalue weighted by Crippen LogP contribution is -2.01. The van der Waals surface area contributed by atoms with Crippen LogP contribution < -0.4 is 4.74 Å². The highest BCUT2D eigenvalue weighted by Gasteiger charge is 2.04. The van der Waals surface area contributed by atoms with Crippen molar-refractivity contribution in [1.29, 1.82) is 0 Å². The smallest absolute Gasteiger partial charge is 0.337 e. The second-order valence-corrected chi connectivity index (χ2v) is 7.07. The van der Waals surface area contributed by atoms with Crippen molar-refractivity contribution in [3.05, 3.63) is 66.7 Å². The van der Waals surface area contributed by atoms with Crippen LogP contribution in [0.4, 0.5) is 11.4 Å². The molecule has 7 nitrogen and oxygen atoms in total. The first-order valence-corrected chi connectivity index (χ1v) is 10.7. The van der Waals surface area contributed by atoms with Gasteiger partial charge in [0.15, 0.2) is 0 Å². The van der Waals surface area contributed by atoms with Crippen molar-refractivity contribution in [1.82, 2.24) is 0 Å². The minimum Gasteiger partial charge on any atom is -0.494 e. The molecular formula is C25H30N2O5. The lowest BCUT2D eigenvalue weighted by atomic mass is 10.1. The first-order chi connectivity index (χ1) is 15.6. The van der Waals surface area contributed by atoms with Gasteiger partial charge in [-0.2, -0.15) is 10.2 Å². The average molecular weight is 439 g/mol. The van der Waals surface area contributed by atoms with E-state index in [0.29, 0.717) is 30.2 Å². The van der Waals surface area contributed by atoms with Gasteiger partial charge in [0.05, 0.1) is 37.3 Å². The van der Waals surface area contributed by atoms with E-state index in [9.17, 15) is 9.59 Å². The molecule has 0 radical (unpaired) electrons. The van der Waals surface area contributed by atoms with Crippen molar-refractivity contribution in [2.75, 3.05) is 20.3 Å². The third-order valence-electron chi connectivity index (χ3n) is 4.62. The summed E-state index contributed by atoms with van der Waals surface area (Å²) in [6.07, 6.45) is 7.49. The molecule has 0 fully saturated rings. The largest absolute Gasteiger partial charge is 0.494 e. The fraction of sp³-hybridized carbons (Fsp3) is 0.360. The molecule has 2 aromatic carbocycles. The summed E-state index contributed by atoms with van der Waals surface area (Å²) in [5.74, 6) is 0.0632. The minimum absolute atomic E-state index is 0.356. The quantitative estimate of drug-likeness (QED) is 0.149. The van der Waals surface area contributed by atoms with Crippen molar-refractivity contribution in [3.8, 4) is 5.75 Å². The Morgan fingerprint density at radius 2 is 1.34 bits per heavy atom. The van der Waals surface area contributed by atoms with Gasteiger partial charge in [0, 0.05) is 6.08 Å². The number of benzene rings is 2. The fourth-order valence-electron chi connectivity index (χ4n) is 2.84. The number of methoxy groups -OCH3 is 1. The number of hydrogen-bond acceptors (Lipinski definition) is 7. The van der Waals surface area contributed by atoms with Gasteiger partial charge in [-0.25, -0.2) is 9.59 Å². The van der Waals surface area contributed by atoms with Crippen LogP contribution in [0.2, 0.25) is 0 Å². The first-order valence-electron chi connectivity index (χ1n) is 10.7. The summed E-state index contributed by atoms with van der Waals surface area (Å²) < 4.78 is 15.4. The second-order valence-electron chi connectivity index (χ2n) is 7.07. The summed E-state index contributed by atoms with van der Waals surface area (Å²) in [5, 5.41) is 8.37. The molecule has 2 rings (SSSR count). The van der Waals surface area contributed by atoms with Crippen LogP contribution in [0.1, 0.15) is 48.9 Å². The van der Waals surface area contributed by atoms with Gasteiger partial charge >= 0.3 is 11.9 Å². The zero-order chi connectivity index (χ0) is 23.0. The van der Waals surface area contributed by atoms with Crippen molar-refractivity contribution in [3.63, 3.8) is 0 Å². The van der Waals surface area contributed by atoms with Crippen molar-refractivity contribution in [2.24, 2.45) is 10.2 Å². The van der Waals surface area contributed by atoms with E-state index in [2.05, 4.69) is 21.5 Å². The van der Waals surface area contributed by atoms with E-state index in [-0.39, 0.29) is 11.9 Å². The molecule has 0 heterocycles. The average Bonchev–Trinajstić information content (AvgIpc) is 2.84. The number of ether oxygens (including phenoxy) is 3. The number of nitrogens with zero attached hydrogens (tertiary/aromatic N) is 2. The van der Waals surface area contributed by atoms with Crippen LogP contribution >= 0.6 is 0 Å². The molecule has 0 N–H and O–H groups in total. The highest BCUT2D eigenvalue weighted by molar-refractivity contribution is 5.89. The minimum atomic E-state index is -0.382. The van der Waals surface area contributed by atoms with Gasteiger partial charge < -0.3 is 14.2 Å². The molecule has 0 aliphatic heterocycles. The number of hydrogen-bond donors (Lipinski definition) is 0. The number of carbonyl (C=O) groups excluding carboxylic acids is 2. The Bertz CT molecular complexity index is 876. The van der Waals surface area contributed by atoms with Gasteiger partial charge in [-0.05, 0) is 61.4 Å². The molecule has 2 aromatic rings. The molecule has 0 unspecified atom stereocenters. The van der Waals surface area contributed by atoms with Crippen LogP contribution in [0.15, 0.2) is 71.4 Å². The van der Waals surface area contributed by atoms with Crippen molar-refractivity contribution in [2.45, 2.75) is 38.5 Å². The molecular weight excluding hydrogens is 408 g/mol. The maximum atomic E-state index is 11.4. The van der Waals surface area contributed by atoms with Crippen molar-refractivity contribution < 1.29 is 23.8 Å². The molecule has 0 spiro atoms. The summed E-state index contributed by atoms with van der Waals surface area (Å²) in [6.45, 7) is 4.50. The van der Waals surface area contributed by atoms with Crippen LogP contribution in [0.25, 0.3) is 0 Å². The number of rotatable bonds is 14. The fourth-order valence-corrected chi connectivity index (χ4v) is 2.84. The number of esters is 2. The standard InChI is InChI=1S/C25H30N2O5/c1-3-24(28)32-19-9-7-5-4-6-8-18-31-23-16-14-22(15-17-23)27-26-21-12-10-20(11-13-21)25(29)30-2/h3,10-17H,1,4-9,18-19H2,2H3. The molecule has 0 saturated heterocycles. The van der Waals surface area contributed by atoms with E-state index in [1.807, 2.05) is 24.3 Å². The third kappa shape index (κ3) is 9.55. The van der Waals surface area contributed by atoms with Crippen LogP contribution in [0.5, 0.6) is 5.75 Å². The molecule has 0 aliphatic carbocycles. The zero-order valence-corrected chi connectivity index (χ0v) is 18.5. The summed E-state index contributed by atoms with van der Waals surface area (Å²) in [7, 11) is 1.35. The summed E-state index contributed by atoms with van der Waals surface area (Å²) in [6, 6.07) is 14.2. The summed E-state index contributed by atoms with van der Waals surface area (Å²) in [5.41, 5.74) is 1.84. The van der Waals surface area contributed by atoms with Crippen LogP contribution in [-0.2, 0) is 14.3 Å². The van der Waals surface area contributed by atoms with Crippen LogP contribution in [0, 0.1) is 0 Å². The molecule has 0 atom stereocenters. The third-order valence-corrected chi connectivity index (χ3v) is 4.62. The Balaban J connectivity index is 1.60. The molecule has 0 amide bonds. The summed E-state index contributed by atoms with van der Waals surface area (Å²) >= 11 is 0. The summed E-state index contributed by atoms with van der Waals surface area (Å²) in [4.78, 5) is 22.3. The molecule has 0 aromatic heterocycles. The normalized spacial score (nSPS) is 10.7. The highest BCUT2D eigenvalue weighted by atomic mass is 16.5. The number of azo groups is 1. The first kappa shape index (κ1) is 24.8. The Hall–Kier alpha value is -3.48. The van der Waals surface area contributed by atoms with E-state index < -0.39 is 0 Å². The lowest BCUT2D eigenvalue weighted by molar-refractivity contribution is -0.137. The zero-order valence-electron chi connectivity index (χ0n) is 18.5. The second kappa shape index (κ2) is 14.5. The molecule has 0 bridgehead atoms. The van der Waals surface area contributed by atoms with E-state index in [0.717, 1.165) is 44.3 Å². The van der Waals surface area contributed by atoms with Gasteiger partial charge in [-0.3, -0.25) is 0 Å². The number of unbranched alkanes of at least 4 members (excludes halogenated alkanes) is 5. The predicted molar refractivity (Wildman–Crippen MR) is 123 cm³/mol. The Morgan fingerprint density at radius 3 is 1.91 bits per heavy atom. The Labute approximate surface area is 189 Å². The van der Waals surface area contributed by atoms with E-state index >= 15 is 0 Å². The van der Waals surface area contributed by atoms with Gasteiger partial charge in [0.25, 0.3) is 0 Å². The van der Waals surface area contributed by atoms with Gasteiger partial charge in [-0.15, -0.1) is 0 Å². The highest BCUT2D eigenvalue weighted by Crippen LogP contribution is 2.22.